The Bertz CT molecular complexity index is 638. The maximum atomic E-state index is 12.2. The van der Waals surface area contributed by atoms with Crippen LogP contribution in [0.15, 0.2) is 17.7 Å². The smallest absolute Gasteiger partial charge is 0.246 e. The van der Waals surface area contributed by atoms with Crippen molar-refractivity contribution >= 4 is 39.9 Å². The molecule has 20 heavy (non-hydrogen) atoms. The average molecular weight is 310 g/mol. The largest absolute Gasteiger partial charge is 0.339 e. The van der Waals surface area contributed by atoms with Gasteiger partial charge in [0.15, 0.2) is 10.1 Å². The standard InChI is InChI=1S/C14H16ClN3OS/c15-13-11(18-9-10-20-14(18)16-13)5-6-12(19)17-7-3-1-2-4-8-17/h5-6,9-10H,1-4,7-8H2. The zero-order chi connectivity index (χ0) is 13.9. The molecule has 6 heteroatoms. The number of hydrogen-bond acceptors (Lipinski definition) is 3. The number of rotatable bonds is 2. The summed E-state index contributed by atoms with van der Waals surface area (Å²) in [5.41, 5.74) is 0.770. The third-order valence-electron chi connectivity index (χ3n) is 3.56. The molecule has 0 bridgehead atoms. The summed E-state index contributed by atoms with van der Waals surface area (Å²) in [4.78, 5) is 19.2. The monoisotopic (exact) mass is 309 g/mol. The number of nitrogens with zero attached hydrogens (tertiary/aromatic N) is 3. The molecule has 0 aliphatic carbocycles. The van der Waals surface area contributed by atoms with Gasteiger partial charge < -0.3 is 4.90 Å². The van der Waals surface area contributed by atoms with Gasteiger partial charge in [0.2, 0.25) is 5.91 Å². The van der Waals surface area contributed by atoms with Crippen LogP contribution < -0.4 is 0 Å². The van der Waals surface area contributed by atoms with Crippen molar-refractivity contribution in [2.75, 3.05) is 13.1 Å². The zero-order valence-electron chi connectivity index (χ0n) is 11.1. The van der Waals surface area contributed by atoms with E-state index in [0.717, 1.165) is 36.6 Å². The fourth-order valence-electron chi connectivity index (χ4n) is 2.47. The molecule has 106 valence electrons. The van der Waals surface area contributed by atoms with Crippen molar-refractivity contribution in [1.29, 1.82) is 0 Å². The number of likely N-dealkylation sites (tertiary alicyclic amines) is 1. The summed E-state index contributed by atoms with van der Waals surface area (Å²) in [6.45, 7) is 1.72. The Morgan fingerprint density at radius 3 is 2.80 bits per heavy atom. The molecule has 0 unspecified atom stereocenters. The second kappa shape index (κ2) is 5.97. The third kappa shape index (κ3) is 2.74. The van der Waals surface area contributed by atoms with Gasteiger partial charge in [-0.3, -0.25) is 9.20 Å². The van der Waals surface area contributed by atoms with E-state index >= 15 is 0 Å². The van der Waals surface area contributed by atoms with Crippen LogP contribution in [0.5, 0.6) is 0 Å². The molecule has 0 spiro atoms. The van der Waals surface area contributed by atoms with Crippen LogP contribution in [0, 0.1) is 0 Å². The molecular formula is C14H16ClN3OS. The van der Waals surface area contributed by atoms with Gasteiger partial charge in [0, 0.05) is 30.7 Å². The molecule has 1 aliphatic heterocycles. The van der Waals surface area contributed by atoms with Gasteiger partial charge in [-0.15, -0.1) is 11.3 Å². The van der Waals surface area contributed by atoms with Crippen LogP contribution in [0.1, 0.15) is 31.4 Å². The quantitative estimate of drug-likeness (QED) is 0.797. The fourth-order valence-corrected chi connectivity index (χ4v) is 3.48. The topological polar surface area (TPSA) is 37.6 Å². The van der Waals surface area contributed by atoms with E-state index in [9.17, 15) is 4.79 Å². The molecule has 1 saturated heterocycles. The first-order valence-corrected chi connectivity index (χ1v) is 8.09. The zero-order valence-corrected chi connectivity index (χ0v) is 12.7. The number of aromatic nitrogens is 2. The lowest BCUT2D eigenvalue weighted by Gasteiger charge is -2.17. The number of thiazole rings is 1. The number of imidazole rings is 1. The van der Waals surface area contributed by atoms with E-state index in [2.05, 4.69) is 4.98 Å². The minimum Gasteiger partial charge on any atom is -0.339 e. The maximum Gasteiger partial charge on any atom is 0.246 e. The van der Waals surface area contributed by atoms with Gasteiger partial charge in [-0.2, -0.15) is 0 Å². The van der Waals surface area contributed by atoms with Crippen molar-refractivity contribution in [2.45, 2.75) is 25.7 Å². The third-order valence-corrected chi connectivity index (χ3v) is 4.59. The second-order valence-electron chi connectivity index (χ2n) is 4.92. The van der Waals surface area contributed by atoms with E-state index in [4.69, 9.17) is 11.6 Å². The predicted octanol–water partition coefficient (Wildman–Crippen LogP) is 3.47. The number of amides is 1. The summed E-state index contributed by atoms with van der Waals surface area (Å²) in [6, 6.07) is 0. The van der Waals surface area contributed by atoms with E-state index in [1.54, 1.807) is 12.2 Å². The Hall–Kier alpha value is -1.33. The first kappa shape index (κ1) is 13.6. The van der Waals surface area contributed by atoms with Gasteiger partial charge in [0.05, 0.1) is 5.69 Å². The van der Waals surface area contributed by atoms with Crippen molar-refractivity contribution in [3.8, 4) is 0 Å². The molecule has 3 heterocycles. The molecule has 0 radical (unpaired) electrons. The van der Waals surface area contributed by atoms with Crippen molar-refractivity contribution < 1.29 is 4.79 Å². The summed E-state index contributed by atoms with van der Waals surface area (Å²) in [5, 5.41) is 2.39. The lowest BCUT2D eigenvalue weighted by atomic mass is 10.2. The van der Waals surface area contributed by atoms with E-state index in [1.807, 2.05) is 20.9 Å². The number of hydrogen-bond donors (Lipinski definition) is 0. The molecule has 4 nitrogen and oxygen atoms in total. The Morgan fingerprint density at radius 1 is 1.30 bits per heavy atom. The molecule has 0 atom stereocenters. The van der Waals surface area contributed by atoms with Crippen LogP contribution in [0.4, 0.5) is 0 Å². The van der Waals surface area contributed by atoms with Gasteiger partial charge in [-0.05, 0) is 18.9 Å². The molecule has 1 fully saturated rings. The minimum atomic E-state index is 0.0631. The highest BCUT2D eigenvalue weighted by Crippen LogP contribution is 2.22. The Labute approximate surface area is 126 Å². The van der Waals surface area contributed by atoms with Crippen LogP contribution in [0.3, 0.4) is 0 Å². The molecule has 1 aliphatic rings. The molecule has 2 aromatic heterocycles. The Morgan fingerprint density at radius 2 is 2.05 bits per heavy atom. The number of fused-ring (bicyclic) bond motifs is 1. The Kier molecular flexibility index (Phi) is 4.08. The van der Waals surface area contributed by atoms with Crippen molar-refractivity contribution in [3.05, 3.63) is 28.5 Å². The molecular weight excluding hydrogens is 294 g/mol. The van der Waals surface area contributed by atoms with E-state index in [1.165, 1.54) is 24.2 Å². The molecule has 3 rings (SSSR count). The van der Waals surface area contributed by atoms with Crippen LogP contribution in [0.25, 0.3) is 11.0 Å². The second-order valence-corrected chi connectivity index (χ2v) is 6.15. The predicted molar refractivity (Wildman–Crippen MR) is 82.2 cm³/mol. The van der Waals surface area contributed by atoms with Gasteiger partial charge in [0.1, 0.15) is 0 Å². The minimum absolute atomic E-state index is 0.0631. The summed E-state index contributed by atoms with van der Waals surface area (Å²) in [6.07, 6.45) is 9.92. The van der Waals surface area contributed by atoms with E-state index in [-0.39, 0.29) is 5.91 Å². The summed E-state index contributed by atoms with van der Waals surface area (Å²) >= 11 is 7.63. The van der Waals surface area contributed by atoms with Gasteiger partial charge in [-0.1, -0.05) is 24.4 Å². The highest BCUT2D eigenvalue weighted by molar-refractivity contribution is 7.15. The maximum absolute atomic E-state index is 12.2. The van der Waals surface area contributed by atoms with E-state index in [0.29, 0.717) is 5.15 Å². The van der Waals surface area contributed by atoms with Crippen molar-refractivity contribution in [2.24, 2.45) is 0 Å². The molecule has 2 aromatic rings. The van der Waals surface area contributed by atoms with Gasteiger partial charge in [0.25, 0.3) is 0 Å². The lowest BCUT2D eigenvalue weighted by molar-refractivity contribution is -0.125. The van der Waals surface area contributed by atoms with Crippen LogP contribution in [0.2, 0.25) is 5.15 Å². The number of halogens is 1. The first-order chi connectivity index (χ1) is 9.75. The molecule has 0 aromatic carbocycles. The molecule has 0 saturated carbocycles. The number of carbonyl (C=O) groups excluding carboxylic acids is 1. The molecule has 1 amide bonds. The van der Waals surface area contributed by atoms with E-state index < -0.39 is 0 Å². The number of carbonyl (C=O) groups is 1. The average Bonchev–Trinajstić information content (AvgIpc) is 2.86. The highest BCUT2D eigenvalue weighted by Gasteiger charge is 2.14. The van der Waals surface area contributed by atoms with Crippen LogP contribution >= 0.6 is 22.9 Å². The lowest BCUT2D eigenvalue weighted by Crippen LogP contribution is -2.30. The fraction of sp³-hybridized carbons (Fsp3) is 0.429. The van der Waals surface area contributed by atoms with Crippen molar-refractivity contribution in [3.63, 3.8) is 0 Å². The van der Waals surface area contributed by atoms with Crippen molar-refractivity contribution in [1.82, 2.24) is 14.3 Å². The highest BCUT2D eigenvalue weighted by atomic mass is 35.5. The summed E-state index contributed by atoms with van der Waals surface area (Å²) in [5.74, 6) is 0.0631. The van der Waals surface area contributed by atoms with Gasteiger partial charge in [-0.25, -0.2) is 4.98 Å². The summed E-state index contributed by atoms with van der Waals surface area (Å²) < 4.78 is 1.90. The van der Waals surface area contributed by atoms with Crippen LogP contribution in [-0.4, -0.2) is 33.3 Å². The Balaban J connectivity index is 1.77. The van der Waals surface area contributed by atoms with Crippen LogP contribution in [-0.2, 0) is 4.79 Å². The van der Waals surface area contributed by atoms with Gasteiger partial charge >= 0.3 is 0 Å². The SMILES string of the molecule is O=C(C=Cc1c(Cl)nc2sccn12)N1CCCCCC1. The first-order valence-electron chi connectivity index (χ1n) is 6.84. The normalized spacial score (nSPS) is 16.9. The summed E-state index contributed by atoms with van der Waals surface area (Å²) in [7, 11) is 0. The molecule has 0 N–H and O–H groups in total.